The molecule has 0 saturated carbocycles. The molecule has 1 aliphatic heterocycles. The SMILES string of the molecule is CCC1CCN(c2ccc(OC(C)C)cc2)CCCN1. The molecule has 1 atom stereocenters. The number of nitrogens with zero attached hydrogens (tertiary/aromatic N) is 1. The smallest absolute Gasteiger partial charge is 0.119 e. The van der Waals surface area contributed by atoms with Crippen LogP contribution in [0.4, 0.5) is 5.69 Å². The summed E-state index contributed by atoms with van der Waals surface area (Å²) in [6.07, 6.45) is 3.88. The highest BCUT2D eigenvalue weighted by Crippen LogP contribution is 2.21. The van der Waals surface area contributed by atoms with E-state index in [1.165, 1.54) is 24.9 Å². The van der Waals surface area contributed by atoms with Crippen molar-refractivity contribution in [3.63, 3.8) is 0 Å². The van der Waals surface area contributed by atoms with Crippen molar-refractivity contribution in [3.8, 4) is 5.75 Å². The molecule has 1 aromatic carbocycles. The van der Waals surface area contributed by atoms with Gasteiger partial charge in [0, 0.05) is 24.8 Å². The summed E-state index contributed by atoms with van der Waals surface area (Å²) in [6, 6.07) is 9.22. The predicted molar refractivity (Wildman–Crippen MR) is 85.7 cm³/mol. The maximum Gasteiger partial charge on any atom is 0.119 e. The number of nitrogens with one attached hydrogen (secondary N) is 1. The first-order chi connectivity index (χ1) is 9.69. The first kappa shape index (κ1) is 15.2. The number of benzene rings is 1. The van der Waals surface area contributed by atoms with Crippen molar-refractivity contribution in [1.29, 1.82) is 0 Å². The average molecular weight is 276 g/mol. The van der Waals surface area contributed by atoms with Crippen molar-refractivity contribution in [2.45, 2.75) is 52.2 Å². The first-order valence-corrected chi connectivity index (χ1v) is 7.94. The van der Waals surface area contributed by atoms with Crippen molar-refractivity contribution in [2.24, 2.45) is 0 Å². The summed E-state index contributed by atoms with van der Waals surface area (Å²) in [4.78, 5) is 2.50. The minimum atomic E-state index is 0.235. The van der Waals surface area contributed by atoms with Gasteiger partial charge in [0.1, 0.15) is 5.75 Å². The van der Waals surface area contributed by atoms with E-state index in [1.54, 1.807) is 0 Å². The van der Waals surface area contributed by atoms with E-state index in [4.69, 9.17) is 4.74 Å². The summed E-state index contributed by atoms with van der Waals surface area (Å²) >= 11 is 0. The largest absolute Gasteiger partial charge is 0.491 e. The van der Waals surface area contributed by atoms with Crippen LogP contribution in [0.5, 0.6) is 5.75 Å². The Balaban J connectivity index is 1.98. The molecule has 0 radical (unpaired) electrons. The third kappa shape index (κ3) is 4.41. The zero-order chi connectivity index (χ0) is 14.4. The second-order valence-electron chi connectivity index (χ2n) is 5.85. The lowest BCUT2D eigenvalue weighted by molar-refractivity contribution is 0.242. The number of ether oxygens (including phenoxy) is 1. The molecule has 0 aliphatic carbocycles. The molecule has 1 saturated heterocycles. The number of hydrogen-bond acceptors (Lipinski definition) is 3. The Bertz CT molecular complexity index is 388. The molecular formula is C17H28N2O. The molecule has 0 aromatic heterocycles. The van der Waals surface area contributed by atoms with Crippen LogP contribution in [0.15, 0.2) is 24.3 Å². The van der Waals surface area contributed by atoms with Gasteiger partial charge in [-0.25, -0.2) is 0 Å². The molecule has 3 heteroatoms. The van der Waals surface area contributed by atoms with Crippen LogP contribution in [0.2, 0.25) is 0 Å². The summed E-state index contributed by atoms with van der Waals surface area (Å²) in [5.74, 6) is 0.962. The predicted octanol–water partition coefficient (Wildman–Crippen LogP) is 3.44. The van der Waals surface area contributed by atoms with Gasteiger partial charge in [0.2, 0.25) is 0 Å². The maximum absolute atomic E-state index is 5.71. The molecule has 1 aliphatic rings. The summed E-state index contributed by atoms with van der Waals surface area (Å²) in [6.45, 7) is 9.78. The minimum Gasteiger partial charge on any atom is -0.491 e. The highest BCUT2D eigenvalue weighted by atomic mass is 16.5. The van der Waals surface area contributed by atoms with Crippen molar-refractivity contribution in [2.75, 3.05) is 24.5 Å². The first-order valence-electron chi connectivity index (χ1n) is 7.94. The molecular weight excluding hydrogens is 248 g/mol. The van der Waals surface area contributed by atoms with Crippen molar-refractivity contribution >= 4 is 5.69 Å². The topological polar surface area (TPSA) is 24.5 Å². The summed E-state index contributed by atoms with van der Waals surface area (Å²) in [5, 5.41) is 3.63. The molecule has 0 amide bonds. The molecule has 1 fully saturated rings. The third-order valence-corrected chi connectivity index (χ3v) is 3.85. The molecule has 112 valence electrons. The lowest BCUT2D eigenvalue weighted by Gasteiger charge is -2.30. The Kier molecular flexibility index (Phi) is 5.72. The monoisotopic (exact) mass is 276 g/mol. The fourth-order valence-corrected chi connectivity index (χ4v) is 2.72. The van der Waals surface area contributed by atoms with Crippen LogP contribution in [0.3, 0.4) is 0 Å². The van der Waals surface area contributed by atoms with E-state index in [2.05, 4.69) is 55.3 Å². The van der Waals surface area contributed by atoms with Crippen LogP contribution in [0, 0.1) is 0 Å². The summed E-state index contributed by atoms with van der Waals surface area (Å²) in [7, 11) is 0. The van der Waals surface area contributed by atoms with Gasteiger partial charge in [0.05, 0.1) is 6.10 Å². The van der Waals surface area contributed by atoms with Crippen LogP contribution in [-0.4, -0.2) is 31.8 Å². The second kappa shape index (κ2) is 7.53. The van der Waals surface area contributed by atoms with E-state index >= 15 is 0 Å². The highest BCUT2D eigenvalue weighted by Gasteiger charge is 2.14. The Morgan fingerprint density at radius 1 is 1.25 bits per heavy atom. The van der Waals surface area contributed by atoms with E-state index < -0.39 is 0 Å². The van der Waals surface area contributed by atoms with Crippen molar-refractivity contribution < 1.29 is 4.74 Å². The molecule has 3 nitrogen and oxygen atoms in total. The van der Waals surface area contributed by atoms with Gasteiger partial charge in [-0.3, -0.25) is 0 Å². The van der Waals surface area contributed by atoms with Gasteiger partial charge in [-0.1, -0.05) is 6.92 Å². The van der Waals surface area contributed by atoms with Gasteiger partial charge in [0.25, 0.3) is 0 Å². The van der Waals surface area contributed by atoms with E-state index in [-0.39, 0.29) is 6.10 Å². The number of rotatable bonds is 4. The summed E-state index contributed by atoms with van der Waals surface area (Å²) < 4.78 is 5.71. The summed E-state index contributed by atoms with van der Waals surface area (Å²) in [5.41, 5.74) is 1.32. The fourth-order valence-electron chi connectivity index (χ4n) is 2.72. The van der Waals surface area contributed by atoms with Crippen LogP contribution >= 0.6 is 0 Å². The van der Waals surface area contributed by atoms with Gasteiger partial charge in [-0.15, -0.1) is 0 Å². The quantitative estimate of drug-likeness (QED) is 0.911. The molecule has 20 heavy (non-hydrogen) atoms. The Labute approximate surface area is 123 Å². The molecule has 2 rings (SSSR count). The van der Waals surface area contributed by atoms with Gasteiger partial charge < -0.3 is 15.0 Å². The molecule has 1 aromatic rings. The number of anilines is 1. The van der Waals surface area contributed by atoms with E-state index in [0.717, 1.165) is 25.4 Å². The standard InChI is InChI=1S/C17H28N2O/c1-4-15-10-13-19(12-5-11-18-15)16-6-8-17(9-7-16)20-14(2)3/h6-9,14-15,18H,4-5,10-13H2,1-3H3. The molecule has 1 heterocycles. The van der Waals surface area contributed by atoms with Crippen molar-refractivity contribution in [1.82, 2.24) is 5.32 Å². The number of hydrogen-bond donors (Lipinski definition) is 1. The molecule has 0 spiro atoms. The van der Waals surface area contributed by atoms with Crippen LogP contribution in [0.25, 0.3) is 0 Å². The lowest BCUT2D eigenvalue weighted by Crippen LogP contribution is -2.39. The van der Waals surface area contributed by atoms with Crippen LogP contribution < -0.4 is 15.0 Å². The maximum atomic E-state index is 5.71. The Morgan fingerprint density at radius 2 is 2.00 bits per heavy atom. The average Bonchev–Trinajstić information content (AvgIpc) is 2.40. The second-order valence-corrected chi connectivity index (χ2v) is 5.85. The molecule has 0 bridgehead atoms. The lowest BCUT2D eigenvalue weighted by atomic mass is 10.1. The minimum absolute atomic E-state index is 0.235. The van der Waals surface area contributed by atoms with Crippen LogP contribution in [0.1, 0.15) is 40.0 Å². The normalized spacial score (nSPS) is 20.6. The fraction of sp³-hybridized carbons (Fsp3) is 0.647. The third-order valence-electron chi connectivity index (χ3n) is 3.85. The van der Waals surface area contributed by atoms with Crippen molar-refractivity contribution in [3.05, 3.63) is 24.3 Å². The van der Waals surface area contributed by atoms with Gasteiger partial charge in [-0.2, -0.15) is 0 Å². The molecule has 1 N–H and O–H groups in total. The van der Waals surface area contributed by atoms with Gasteiger partial charge in [-0.05, 0) is 63.9 Å². The van der Waals surface area contributed by atoms with E-state index in [0.29, 0.717) is 6.04 Å². The zero-order valence-corrected chi connectivity index (χ0v) is 13.1. The van der Waals surface area contributed by atoms with Crippen LogP contribution in [-0.2, 0) is 0 Å². The Hall–Kier alpha value is -1.22. The molecule has 1 unspecified atom stereocenters. The van der Waals surface area contributed by atoms with Gasteiger partial charge >= 0.3 is 0 Å². The highest BCUT2D eigenvalue weighted by molar-refractivity contribution is 5.49. The Morgan fingerprint density at radius 3 is 2.65 bits per heavy atom. The van der Waals surface area contributed by atoms with E-state index in [1.807, 2.05) is 0 Å². The van der Waals surface area contributed by atoms with Gasteiger partial charge in [0.15, 0.2) is 0 Å². The van der Waals surface area contributed by atoms with E-state index in [9.17, 15) is 0 Å². The zero-order valence-electron chi connectivity index (χ0n) is 13.1.